The molecule has 14 heavy (non-hydrogen) atoms. The van der Waals surface area contributed by atoms with Crippen LogP contribution >= 0.6 is 0 Å². The summed E-state index contributed by atoms with van der Waals surface area (Å²) >= 11 is 0. The van der Waals surface area contributed by atoms with Gasteiger partial charge < -0.3 is 4.74 Å². The smallest absolute Gasteiger partial charge is 0.337 e. The van der Waals surface area contributed by atoms with Gasteiger partial charge in [-0.05, 0) is 19.1 Å². The van der Waals surface area contributed by atoms with Gasteiger partial charge in [0.25, 0.3) is 0 Å². The number of pyridine rings is 1. The number of rotatable bonds is 3. The van der Waals surface area contributed by atoms with Gasteiger partial charge in [-0.15, -0.1) is 0 Å². The summed E-state index contributed by atoms with van der Waals surface area (Å²) in [5.74, 6) is -0.284. The SMILES string of the molecule is CCOC(=O)C1N=C1c1ccccn1. The Labute approximate surface area is 81.6 Å². The van der Waals surface area contributed by atoms with Gasteiger partial charge in [0.2, 0.25) is 0 Å². The first-order valence-electron chi connectivity index (χ1n) is 4.48. The van der Waals surface area contributed by atoms with Crippen LogP contribution in [0, 0.1) is 0 Å². The maximum Gasteiger partial charge on any atom is 0.337 e. The van der Waals surface area contributed by atoms with Crippen molar-refractivity contribution in [3.63, 3.8) is 0 Å². The molecule has 1 aliphatic rings. The van der Waals surface area contributed by atoms with Gasteiger partial charge in [-0.2, -0.15) is 0 Å². The summed E-state index contributed by atoms with van der Waals surface area (Å²) < 4.78 is 4.84. The molecule has 1 aromatic heterocycles. The molecule has 1 unspecified atom stereocenters. The Hall–Kier alpha value is -1.71. The van der Waals surface area contributed by atoms with Crippen molar-refractivity contribution < 1.29 is 9.53 Å². The van der Waals surface area contributed by atoms with Crippen molar-refractivity contribution in [2.24, 2.45) is 4.99 Å². The highest BCUT2D eigenvalue weighted by Gasteiger charge is 2.37. The molecule has 4 heteroatoms. The molecule has 0 amide bonds. The predicted octanol–water partition coefficient (Wildman–Crippen LogP) is 0.816. The average molecular weight is 190 g/mol. The molecule has 0 saturated carbocycles. The van der Waals surface area contributed by atoms with Gasteiger partial charge >= 0.3 is 5.97 Å². The van der Waals surface area contributed by atoms with Crippen LogP contribution < -0.4 is 0 Å². The van der Waals surface area contributed by atoms with E-state index in [0.29, 0.717) is 6.61 Å². The van der Waals surface area contributed by atoms with Crippen LogP contribution in [0.5, 0.6) is 0 Å². The Balaban J connectivity index is 1.99. The molecule has 0 N–H and O–H groups in total. The summed E-state index contributed by atoms with van der Waals surface area (Å²) in [6, 6.07) is 5.11. The highest BCUT2D eigenvalue weighted by atomic mass is 16.5. The van der Waals surface area contributed by atoms with Gasteiger partial charge in [0.15, 0.2) is 6.04 Å². The van der Waals surface area contributed by atoms with Crippen LogP contribution in [-0.2, 0) is 9.53 Å². The lowest BCUT2D eigenvalue weighted by molar-refractivity contribution is -0.142. The second kappa shape index (κ2) is 3.57. The van der Waals surface area contributed by atoms with E-state index in [2.05, 4.69) is 9.98 Å². The summed E-state index contributed by atoms with van der Waals surface area (Å²) in [4.78, 5) is 19.3. The molecule has 0 saturated heterocycles. The van der Waals surface area contributed by atoms with Crippen LogP contribution in [0.25, 0.3) is 0 Å². The number of carbonyl (C=O) groups is 1. The fourth-order valence-electron chi connectivity index (χ4n) is 1.21. The second-order valence-corrected chi connectivity index (χ2v) is 2.88. The third-order valence-electron chi connectivity index (χ3n) is 1.90. The van der Waals surface area contributed by atoms with Crippen LogP contribution in [0.4, 0.5) is 0 Å². The fourth-order valence-corrected chi connectivity index (χ4v) is 1.21. The second-order valence-electron chi connectivity index (χ2n) is 2.88. The van der Waals surface area contributed by atoms with E-state index in [0.717, 1.165) is 11.4 Å². The summed E-state index contributed by atoms with van der Waals surface area (Å²) in [6.07, 6.45) is 1.68. The van der Waals surface area contributed by atoms with Crippen molar-refractivity contribution in [3.8, 4) is 0 Å². The van der Waals surface area contributed by atoms with Crippen molar-refractivity contribution in [1.29, 1.82) is 0 Å². The molecule has 0 radical (unpaired) electrons. The molecule has 1 aliphatic heterocycles. The zero-order valence-corrected chi connectivity index (χ0v) is 7.80. The summed E-state index contributed by atoms with van der Waals surface area (Å²) in [6.45, 7) is 2.17. The minimum atomic E-state index is -0.412. The van der Waals surface area contributed by atoms with Crippen LogP contribution in [0.3, 0.4) is 0 Å². The predicted molar refractivity (Wildman–Crippen MR) is 51.2 cm³/mol. The monoisotopic (exact) mass is 190 g/mol. The molecular formula is C10H10N2O2. The van der Waals surface area contributed by atoms with E-state index in [9.17, 15) is 4.79 Å². The number of aliphatic imine (C=N–C) groups is 1. The first-order valence-corrected chi connectivity index (χ1v) is 4.48. The lowest BCUT2D eigenvalue weighted by Gasteiger charge is -1.97. The zero-order chi connectivity index (χ0) is 9.97. The molecule has 1 aromatic rings. The Bertz CT molecular complexity index is 373. The van der Waals surface area contributed by atoms with Crippen LogP contribution in [-0.4, -0.2) is 29.3 Å². The van der Waals surface area contributed by atoms with Crippen LogP contribution in [0.15, 0.2) is 29.4 Å². The number of nitrogens with zero attached hydrogens (tertiary/aromatic N) is 2. The van der Waals surface area contributed by atoms with Crippen molar-refractivity contribution in [2.75, 3.05) is 6.61 Å². The normalized spacial score (nSPS) is 18.6. The van der Waals surface area contributed by atoms with Gasteiger partial charge in [0.05, 0.1) is 18.0 Å². The van der Waals surface area contributed by atoms with Gasteiger partial charge in [0, 0.05) is 6.20 Å². The molecule has 2 heterocycles. The van der Waals surface area contributed by atoms with Crippen LogP contribution in [0.2, 0.25) is 0 Å². The number of esters is 1. The quantitative estimate of drug-likeness (QED) is 0.663. The molecule has 4 nitrogen and oxygen atoms in total. The first-order chi connectivity index (χ1) is 6.83. The van der Waals surface area contributed by atoms with E-state index in [4.69, 9.17) is 4.74 Å². The number of aromatic nitrogens is 1. The first kappa shape index (κ1) is 8.87. The Morgan fingerprint density at radius 3 is 3.07 bits per heavy atom. The number of ether oxygens (including phenoxy) is 1. The highest BCUT2D eigenvalue weighted by molar-refractivity contribution is 6.23. The van der Waals surface area contributed by atoms with E-state index in [1.807, 2.05) is 18.2 Å². The molecule has 0 aliphatic carbocycles. The van der Waals surface area contributed by atoms with E-state index in [1.165, 1.54) is 0 Å². The molecule has 2 rings (SSSR count). The average Bonchev–Trinajstić information content (AvgIpc) is 2.99. The van der Waals surface area contributed by atoms with E-state index >= 15 is 0 Å². The minimum Gasteiger partial charge on any atom is -0.464 e. The van der Waals surface area contributed by atoms with Gasteiger partial charge in [0.1, 0.15) is 0 Å². The third-order valence-corrected chi connectivity index (χ3v) is 1.90. The van der Waals surface area contributed by atoms with Crippen LogP contribution in [0.1, 0.15) is 12.6 Å². The molecule has 0 bridgehead atoms. The van der Waals surface area contributed by atoms with Crippen molar-refractivity contribution >= 4 is 11.7 Å². The third kappa shape index (κ3) is 1.64. The Morgan fingerprint density at radius 1 is 1.57 bits per heavy atom. The largest absolute Gasteiger partial charge is 0.464 e. The van der Waals surface area contributed by atoms with Crippen molar-refractivity contribution in [3.05, 3.63) is 30.1 Å². The molecular weight excluding hydrogens is 180 g/mol. The number of hydrogen-bond donors (Lipinski definition) is 0. The Morgan fingerprint density at radius 2 is 2.43 bits per heavy atom. The minimum absolute atomic E-state index is 0.284. The van der Waals surface area contributed by atoms with Crippen molar-refractivity contribution in [1.82, 2.24) is 4.98 Å². The molecule has 0 fully saturated rings. The molecule has 72 valence electrons. The summed E-state index contributed by atoms with van der Waals surface area (Å²) in [7, 11) is 0. The van der Waals surface area contributed by atoms with Crippen molar-refractivity contribution in [2.45, 2.75) is 13.0 Å². The van der Waals surface area contributed by atoms with E-state index in [1.54, 1.807) is 13.1 Å². The topological polar surface area (TPSA) is 51.5 Å². The maximum atomic E-state index is 11.2. The number of hydrogen-bond acceptors (Lipinski definition) is 4. The lowest BCUT2D eigenvalue weighted by Crippen LogP contribution is -2.17. The van der Waals surface area contributed by atoms with Gasteiger partial charge in [-0.1, -0.05) is 6.07 Å². The highest BCUT2D eigenvalue weighted by Crippen LogP contribution is 2.19. The Kier molecular flexibility index (Phi) is 2.26. The molecule has 0 spiro atoms. The van der Waals surface area contributed by atoms with E-state index in [-0.39, 0.29) is 5.97 Å². The summed E-state index contributed by atoms with van der Waals surface area (Å²) in [5.41, 5.74) is 1.48. The zero-order valence-electron chi connectivity index (χ0n) is 7.80. The summed E-state index contributed by atoms with van der Waals surface area (Å²) in [5, 5.41) is 0. The molecule has 1 atom stereocenters. The maximum absolute atomic E-state index is 11.2. The standard InChI is InChI=1S/C10H10N2O2/c1-2-14-10(13)9-8(12-9)7-5-3-4-6-11-7/h3-6,9H,2H2,1H3. The lowest BCUT2D eigenvalue weighted by atomic mass is 10.2. The van der Waals surface area contributed by atoms with E-state index < -0.39 is 6.04 Å². The number of carbonyl (C=O) groups excluding carboxylic acids is 1. The van der Waals surface area contributed by atoms with Gasteiger partial charge in [-0.25, -0.2) is 4.79 Å². The fraction of sp³-hybridized carbons (Fsp3) is 0.300. The molecule has 0 aromatic carbocycles. The van der Waals surface area contributed by atoms with Gasteiger partial charge in [-0.3, -0.25) is 9.98 Å².